The molecule has 0 radical (unpaired) electrons. The van der Waals surface area contributed by atoms with Crippen LogP contribution in [-0.4, -0.2) is 52.2 Å². The number of piperidine rings is 1. The highest BCUT2D eigenvalue weighted by Gasteiger charge is 2.31. The maximum Gasteiger partial charge on any atom is 0.419 e. The molecule has 1 saturated heterocycles. The molecule has 1 aliphatic rings. The van der Waals surface area contributed by atoms with Crippen molar-refractivity contribution in [2.75, 3.05) is 13.1 Å². The Morgan fingerprint density at radius 1 is 1.22 bits per heavy atom. The number of hydrogen-bond donors (Lipinski definition) is 0. The molecule has 0 bridgehead atoms. The van der Waals surface area contributed by atoms with Crippen LogP contribution in [0.3, 0.4) is 0 Å². The number of halogens is 1. The number of esters is 1. The van der Waals surface area contributed by atoms with Gasteiger partial charge in [-0.1, -0.05) is 6.92 Å². The molecule has 1 aromatic rings. The van der Waals surface area contributed by atoms with Gasteiger partial charge in [0.25, 0.3) is 5.91 Å². The molecule has 0 aliphatic carbocycles. The third-order valence-electron chi connectivity index (χ3n) is 4.11. The zero-order valence-corrected chi connectivity index (χ0v) is 16.3. The van der Waals surface area contributed by atoms with E-state index in [4.69, 9.17) is 9.47 Å². The fraction of sp³-hybridized carbons (Fsp3) is 0.632. The first kappa shape index (κ1) is 20.9. The summed E-state index contributed by atoms with van der Waals surface area (Å²) in [5, 5.41) is 0. The highest BCUT2D eigenvalue weighted by Crippen LogP contribution is 2.20. The zero-order chi connectivity index (χ0) is 20.2. The third kappa shape index (κ3) is 5.55. The fourth-order valence-electron chi connectivity index (χ4n) is 2.85. The second-order valence-corrected chi connectivity index (χ2v) is 7.59. The number of nitrogens with zero attached hydrogens (tertiary/aromatic N) is 2. The van der Waals surface area contributed by atoms with Crippen LogP contribution in [0.5, 0.6) is 0 Å². The van der Waals surface area contributed by atoms with E-state index in [1.807, 2.05) is 6.92 Å². The molecule has 0 aromatic carbocycles. The fourth-order valence-corrected chi connectivity index (χ4v) is 2.85. The molecule has 0 N–H and O–H groups in total. The monoisotopic (exact) mass is 382 g/mol. The van der Waals surface area contributed by atoms with Gasteiger partial charge in [0.15, 0.2) is 11.5 Å². The summed E-state index contributed by atoms with van der Waals surface area (Å²) in [6.07, 6.45) is 2.20. The van der Waals surface area contributed by atoms with Crippen LogP contribution >= 0.6 is 0 Å². The van der Waals surface area contributed by atoms with E-state index in [1.54, 1.807) is 20.8 Å². The average molecular weight is 382 g/mol. The number of aromatic nitrogens is 1. The molecule has 1 fully saturated rings. The molecule has 8 heteroatoms. The van der Waals surface area contributed by atoms with Crippen molar-refractivity contribution in [3.8, 4) is 0 Å². The van der Waals surface area contributed by atoms with Crippen LogP contribution in [0, 0.1) is 5.82 Å². The van der Waals surface area contributed by atoms with Gasteiger partial charge in [0.2, 0.25) is 0 Å². The molecule has 0 spiro atoms. The molecule has 7 nitrogen and oxygen atoms in total. The Bertz CT molecular complexity index is 699. The molecule has 1 aliphatic heterocycles. The van der Waals surface area contributed by atoms with E-state index in [2.05, 4.69) is 0 Å². The largest absolute Gasteiger partial charge is 0.462 e. The van der Waals surface area contributed by atoms with Gasteiger partial charge in [-0.2, -0.15) is 0 Å². The van der Waals surface area contributed by atoms with Crippen LogP contribution in [0.2, 0.25) is 0 Å². The van der Waals surface area contributed by atoms with E-state index in [0.717, 1.165) is 17.1 Å². The molecule has 0 saturated carbocycles. The van der Waals surface area contributed by atoms with E-state index in [0.29, 0.717) is 32.4 Å². The lowest BCUT2D eigenvalue weighted by molar-refractivity contribution is -0.150. The van der Waals surface area contributed by atoms with Gasteiger partial charge >= 0.3 is 12.1 Å². The first-order chi connectivity index (χ1) is 12.6. The van der Waals surface area contributed by atoms with E-state index in [9.17, 15) is 18.8 Å². The first-order valence-electron chi connectivity index (χ1n) is 9.21. The Hall–Kier alpha value is -2.38. The molecule has 2 rings (SSSR count). The van der Waals surface area contributed by atoms with Gasteiger partial charge < -0.3 is 14.4 Å². The maximum absolute atomic E-state index is 14.2. The number of amides is 1. The minimum Gasteiger partial charge on any atom is -0.462 e. The molecule has 27 heavy (non-hydrogen) atoms. The Morgan fingerprint density at radius 2 is 1.85 bits per heavy atom. The molecule has 150 valence electrons. The molecular weight excluding hydrogens is 355 g/mol. The predicted molar refractivity (Wildman–Crippen MR) is 95.9 cm³/mol. The highest BCUT2D eigenvalue weighted by molar-refractivity contribution is 5.96. The smallest absolute Gasteiger partial charge is 0.419 e. The summed E-state index contributed by atoms with van der Waals surface area (Å²) in [5.41, 5.74) is -1.11. The Labute approximate surface area is 158 Å². The molecule has 2 heterocycles. The summed E-state index contributed by atoms with van der Waals surface area (Å²) in [6, 6.07) is 1.07. The SMILES string of the molecule is CCCC(=O)OC1CCN(C(=O)c2c(F)ccn2C(=O)OC(C)(C)C)CC1. The molecule has 0 atom stereocenters. The van der Waals surface area contributed by atoms with E-state index < -0.39 is 23.4 Å². The van der Waals surface area contributed by atoms with Crippen LogP contribution in [0.1, 0.15) is 63.9 Å². The van der Waals surface area contributed by atoms with Crippen LogP contribution in [0.15, 0.2) is 12.3 Å². The van der Waals surface area contributed by atoms with Crippen LogP contribution < -0.4 is 0 Å². The molecule has 1 amide bonds. The molecule has 1 aromatic heterocycles. The van der Waals surface area contributed by atoms with Gasteiger partial charge in [0.05, 0.1) is 0 Å². The number of hydrogen-bond acceptors (Lipinski definition) is 5. The van der Waals surface area contributed by atoms with E-state index in [-0.39, 0.29) is 17.8 Å². The minimum atomic E-state index is -0.807. The second kappa shape index (κ2) is 8.54. The number of likely N-dealkylation sites (tertiary alicyclic amines) is 1. The number of carbonyl (C=O) groups is 3. The van der Waals surface area contributed by atoms with Crippen LogP contribution in [0.25, 0.3) is 0 Å². The summed E-state index contributed by atoms with van der Waals surface area (Å²) >= 11 is 0. The van der Waals surface area contributed by atoms with Gasteiger partial charge in [-0.15, -0.1) is 0 Å². The van der Waals surface area contributed by atoms with Crippen molar-refractivity contribution in [2.45, 2.75) is 65.1 Å². The van der Waals surface area contributed by atoms with Gasteiger partial charge in [-0.25, -0.2) is 13.8 Å². The van der Waals surface area contributed by atoms with Crippen molar-refractivity contribution in [2.24, 2.45) is 0 Å². The minimum absolute atomic E-state index is 0.240. The third-order valence-corrected chi connectivity index (χ3v) is 4.11. The van der Waals surface area contributed by atoms with Gasteiger partial charge in [0, 0.05) is 38.5 Å². The van der Waals surface area contributed by atoms with Crippen LogP contribution in [0.4, 0.5) is 9.18 Å². The van der Waals surface area contributed by atoms with Gasteiger partial charge in [-0.05, 0) is 33.3 Å². The summed E-state index contributed by atoms with van der Waals surface area (Å²) in [6.45, 7) is 7.62. The Kier molecular flexibility index (Phi) is 6.62. The lowest BCUT2D eigenvalue weighted by atomic mass is 10.1. The zero-order valence-electron chi connectivity index (χ0n) is 16.3. The number of carbonyl (C=O) groups excluding carboxylic acids is 3. The van der Waals surface area contributed by atoms with Crippen LogP contribution in [-0.2, 0) is 14.3 Å². The predicted octanol–water partition coefficient (Wildman–Crippen LogP) is 3.36. The first-order valence-corrected chi connectivity index (χ1v) is 9.21. The highest BCUT2D eigenvalue weighted by atomic mass is 19.1. The van der Waals surface area contributed by atoms with Crippen molar-refractivity contribution in [1.29, 1.82) is 0 Å². The van der Waals surface area contributed by atoms with Crippen molar-refractivity contribution in [3.63, 3.8) is 0 Å². The molecule has 0 unspecified atom stereocenters. The average Bonchev–Trinajstić information content (AvgIpc) is 2.95. The topological polar surface area (TPSA) is 77.8 Å². The standard InChI is InChI=1S/C19H27FN2O5/c1-5-6-15(23)26-13-7-10-21(11-8-13)17(24)16-14(20)9-12-22(16)18(25)27-19(2,3)4/h9,12-13H,5-8,10-11H2,1-4H3. The summed E-state index contributed by atoms with van der Waals surface area (Å²) in [7, 11) is 0. The molecular formula is C19H27FN2O5. The van der Waals surface area contributed by atoms with Crippen molar-refractivity contribution in [1.82, 2.24) is 9.47 Å². The summed E-state index contributed by atoms with van der Waals surface area (Å²) in [5.74, 6) is -1.60. The normalized spacial score (nSPS) is 15.5. The van der Waals surface area contributed by atoms with E-state index in [1.165, 1.54) is 11.1 Å². The Morgan fingerprint density at radius 3 is 2.41 bits per heavy atom. The number of rotatable bonds is 4. The van der Waals surface area contributed by atoms with Crippen molar-refractivity contribution >= 4 is 18.0 Å². The Balaban J connectivity index is 2.04. The quantitative estimate of drug-likeness (QED) is 0.746. The van der Waals surface area contributed by atoms with Crippen molar-refractivity contribution < 1.29 is 28.2 Å². The maximum atomic E-state index is 14.2. The van der Waals surface area contributed by atoms with Crippen molar-refractivity contribution in [3.05, 3.63) is 23.8 Å². The second-order valence-electron chi connectivity index (χ2n) is 7.59. The van der Waals surface area contributed by atoms with E-state index >= 15 is 0 Å². The van der Waals surface area contributed by atoms with Gasteiger partial charge in [0.1, 0.15) is 11.7 Å². The lowest BCUT2D eigenvalue weighted by Gasteiger charge is -2.32. The summed E-state index contributed by atoms with van der Waals surface area (Å²) < 4.78 is 25.7. The lowest BCUT2D eigenvalue weighted by Crippen LogP contribution is -2.43. The number of ether oxygens (including phenoxy) is 2. The van der Waals surface area contributed by atoms with Gasteiger partial charge in [-0.3, -0.25) is 9.59 Å². The summed E-state index contributed by atoms with van der Waals surface area (Å²) in [4.78, 5) is 38.1.